The zero-order chi connectivity index (χ0) is 23.6. The Hall–Kier alpha value is -4.51. The van der Waals surface area contributed by atoms with Crippen molar-refractivity contribution in [1.82, 2.24) is 10.2 Å². The third-order valence-corrected chi connectivity index (χ3v) is 4.79. The monoisotopic (exact) mass is 444 g/mol. The van der Waals surface area contributed by atoms with Crippen LogP contribution in [0.3, 0.4) is 0 Å². The van der Waals surface area contributed by atoms with Gasteiger partial charge in [-0.1, -0.05) is 42.5 Å². The summed E-state index contributed by atoms with van der Waals surface area (Å²) in [5, 5.41) is 24.1. The minimum Gasteiger partial charge on any atom is -0.508 e. The number of benzene rings is 3. The van der Waals surface area contributed by atoms with Crippen LogP contribution in [-0.2, 0) is 11.2 Å². The summed E-state index contributed by atoms with van der Waals surface area (Å²) in [5.74, 6) is 0.610. The van der Waals surface area contributed by atoms with E-state index in [-0.39, 0.29) is 18.7 Å². The number of anilines is 1. The van der Waals surface area contributed by atoms with E-state index in [0.29, 0.717) is 22.7 Å². The number of phenols is 1. The van der Waals surface area contributed by atoms with Crippen LogP contribution in [0.5, 0.6) is 17.2 Å². The Kier molecular flexibility index (Phi) is 7.86. The lowest BCUT2D eigenvalue weighted by Gasteiger charge is -2.22. The number of nitrogens with zero attached hydrogens (tertiary/aromatic N) is 2. The molecule has 3 N–H and O–H groups in total. The quantitative estimate of drug-likeness (QED) is 0.355. The Morgan fingerprint density at radius 1 is 1.03 bits per heavy atom. The van der Waals surface area contributed by atoms with Crippen molar-refractivity contribution in [2.75, 3.05) is 11.9 Å². The third kappa shape index (κ3) is 6.48. The molecule has 3 aromatic carbocycles. The van der Waals surface area contributed by atoms with Crippen LogP contribution in [0.25, 0.3) is 0 Å². The number of phenolic OH excluding ortho intramolecular Hbond substituents is 1. The highest BCUT2D eigenvalue weighted by atomic mass is 16.5. The van der Waals surface area contributed by atoms with E-state index in [9.17, 15) is 20.0 Å². The van der Waals surface area contributed by atoms with Gasteiger partial charge in [0, 0.05) is 13.0 Å². The predicted octanol–water partition coefficient (Wildman–Crippen LogP) is 4.25. The number of carbonyl (C=O) groups is 2. The van der Waals surface area contributed by atoms with Crippen LogP contribution in [0.4, 0.5) is 10.5 Å². The van der Waals surface area contributed by atoms with Crippen molar-refractivity contribution in [3.05, 3.63) is 84.4 Å². The normalized spacial score (nSPS) is 11.0. The molecule has 3 aromatic rings. The van der Waals surface area contributed by atoms with Gasteiger partial charge < -0.3 is 20.5 Å². The van der Waals surface area contributed by atoms with Crippen LogP contribution >= 0.6 is 0 Å². The zero-order valence-electron chi connectivity index (χ0n) is 18.1. The summed E-state index contributed by atoms with van der Waals surface area (Å²) in [5.41, 5.74) is 1.13. The van der Waals surface area contributed by atoms with E-state index in [1.807, 2.05) is 24.4 Å². The van der Waals surface area contributed by atoms with Gasteiger partial charge in [0.2, 0.25) is 0 Å². The first-order chi connectivity index (χ1) is 16.0. The molecule has 0 radical (unpaired) electrons. The molecule has 0 aromatic heterocycles. The van der Waals surface area contributed by atoms with Crippen LogP contribution in [0.1, 0.15) is 12.5 Å². The van der Waals surface area contributed by atoms with Gasteiger partial charge in [-0.3, -0.25) is 4.79 Å². The molecule has 0 fully saturated rings. The lowest BCUT2D eigenvalue weighted by Crippen LogP contribution is -2.49. The molecule has 8 heteroatoms. The third-order valence-electron chi connectivity index (χ3n) is 4.79. The maximum atomic E-state index is 12.9. The molecule has 0 spiro atoms. The minimum absolute atomic E-state index is 0.0922. The number of urea groups is 1. The molecule has 0 heterocycles. The first kappa shape index (κ1) is 23.2. The lowest BCUT2D eigenvalue weighted by atomic mass is 10.0. The Morgan fingerprint density at radius 3 is 2.36 bits per heavy atom. The van der Waals surface area contributed by atoms with Crippen LogP contribution in [-0.4, -0.2) is 34.5 Å². The van der Waals surface area contributed by atoms with Crippen molar-refractivity contribution in [3.8, 4) is 23.4 Å². The smallest absolute Gasteiger partial charge is 0.320 e. The van der Waals surface area contributed by atoms with Gasteiger partial charge in [-0.05, 0) is 48.9 Å². The van der Waals surface area contributed by atoms with E-state index in [2.05, 4.69) is 10.6 Å². The summed E-state index contributed by atoms with van der Waals surface area (Å²) >= 11 is 0. The highest BCUT2D eigenvalue weighted by molar-refractivity contribution is 5.95. The van der Waals surface area contributed by atoms with Crippen molar-refractivity contribution in [1.29, 1.82) is 5.26 Å². The molecule has 168 valence electrons. The van der Waals surface area contributed by atoms with Gasteiger partial charge in [0.1, 0.15) is 17.5 Å². The number of aromatic hydroxyl groups is 1. The highest BCUT2D eigenvalue weighted by Crippen LogP contribution is 2.29. The Morgan fingerprint density at radius 2 is 1.70 bits per heavy atom. The number of ether oxygens (including phenoxy) is 1. The summed E-state index contributed by atoms with van der Waals surface area (Å²) in [4.78, 5) is 26.6. The molecule has 0 saturated heterocycles. The summed E-state index contributed by atoms with van der Waals surface area (Å²) in [7, 11) is 0. The van der Waals surface area contributed by atoms with Gasteiger partial charge in [0.05, 0.1) is 5.69 Å². The topological polar surface area (TPSA) is 115 Å². The second kappa shape index (κ2) is 11.2. The number of nitriles is 1. The van der Waals surface area contributed by atoms with Gasteiger partial charge in [0.25, 0.3) is 5.91 Å². The van der Waals surface area contributed by atoms with Crippen LogP contribution in [0.2, 0.25) is 0 Å². The summed E-state index contributed by atoms with van der Waals surface area (Å²) in [6.45, 7) is 1.86. The van der Waals surface area contributed by atoms with Crippen molar-refractivity contribution in [2.45, 2.75) is 19.4 Å². The van der Waals surface area contributed by atoms with E-state index < -0.39 is 18.0 Å². The van der Waals surface area contributed by atoms with Gasteiger partial charge in [-0.15, -0.1) is 0 Å². The molecule has 3 rings (SSSR count). The van der Waals surface area contributed by atoms with Gasteiger partial charge in [-0.25, -0.2) is 9.69 Å². The standard InChI is InChI=1S/C25H24N4O4/c1-2-29(17-26)24(31)22(16-18-12-14-19(30)15-13-18)28-25(32)27-21-10-6-7-11-23(21)33-20-8-4-3-5-9-20/h3-15,22,30H,2,16H2,1H3,(H2,27,28,32). The first-order valence-electron chi connectivity index (χ1n) is 10.4. The minimum atomic E-state index is -0.989. The maximum absolute atomic E-state index is 12.9. The molecule has 3 amide bonds. The average molecular weight is 444 g/mol. The predicted molar refractivity (Wildman–Crippen MR) is 124 cm³/mol. The molecule has 0 aliphatic carbocycles. The molecule has 1 atom stereocenters. The van der Waals surface area contributed by atoms with E-state index in [4.69, 9.17) is 4.74 Å². The van der Waals surface area contributed by atoms with E-state index in [1.165, 1.54) is 12.1 Å². The van der Waals surface area contributed by atoms with Crippen LogP contribution < -0.4 is 15.4 Å². The number of amides is 3. The molecular weight excluding hydrogens is 420 g/mol. The van der Waals surface area contributed by atoms with Crippen LogP contribution in [0.15, 0.2) is 78.9 Å². The highest BCUT2D eigenvalue weighted by Gasteiger charge is 2.26. The van der Waals surface area contributed by atoms with E-state index in [1.54, 1.807) is 55.5 Å². The van der Waals surface area contributed by atoms with Crippen molar-refractivity contribution in [2.24, 2.45) is 0 Å². The van der Waals surface area contributed by atoms with E-state index in [0.717, 1.165) is 4.90 Å². The summed E-state index contributed by atoms with van der Waals surface area (Å²) < 4.78 is 5.86. The number of likely N-dealkylation sites (N-methyl/N-ethyl adjacent to an activating group) is 1. The SMILES string of the molecule is CCN(C#N)C(=O)C(Cc1ccc(O)cc1)NC(=O)Nc1ccccc1Oc1ccccc1. The van der Waals surface area contributed by atoms with E-state index >= 15 is 0 Å². The summed E-state index contributed by atoms with van der Waals surface area (Å²) in [6.07, 6.45) is 1.98. The number of hydrogen-bond donors (Lipinski definition) is 3. The number of nitrogens with one attached hydrogen (secondary N) is 2. The molecule has 0 bridgehead atoms. The fourth-order valence-corrected chi connectivity index (χ4v) is 3.12. The average Bonchev–Trinajstić information content (AvgIpc) is 2.82. The number of carbonyl (C=O) groups excluding carboxylic acids is 2. The molecule has 1 unspecified atom stereocenters. The van der Waals surface area contributed by atoms with Crippen molar-refractivity contribution >= 4 is 17.6 Å². The van der Waals surface area contributed by atoms with Crippen molar-refractivity contribution < 1.29 is 19.4 Å². The van der Waals surface area contributed by atoms with Gasteiger partial charge >= 0.3 is 6.03 Å². The molecular formula is C25H24N4O4. The Labute approximate surface area is 192 Å². The number of para-hydroxylation sites is 3. The fourth-order valence-electron chi connectivity index (χ4n) is 3.12. The fraction of sp³-hybridized carbons (Fsp3) is 0.160. The largest absolute Gasteiger partial charge is 0.508 e. The molecule has 8 nitrogen and oxygen atoms in total. The number of rotatable bonds is 8. The number of hydrogen-bond acceptors (Lipinski definition) is 5. The Balaban J connectivity index is 1.76. The second-order valence-electron chi connectivity index (χ2n) is 7.12. The molecule has 33 heavy (non-hydrogen) atoms. The van der Waals surface area contributed by atoms with Crippen LogP contribution in [0, 0.1) is 11.5 Å². The Bertz CT molecular complexity index is 1130. The molecule has 0 aliphatic heterocycles. The van der Waals surface area contributed by atoms with Crippen molar-refractivity contribution in [3.63, 3.8) is 0 Å². The maximum Gasteiger partial charge on any atom is 0.320 e. The second-order valence-corrected chi connectivity index (χ2v) is 7.12. The lowest BCUT2D eigenvalue weighted by molar-refractivity contribution is -0.129. The summed E-state index contributed by atoms with van der Waals surface area (Å²) in [6, 6.07) is 20.8. The van der Waals surface area contributed by atoms with Gasteiger partial charge in [0.15, 0.2) is 11.9 Å². The molecule has 0 aliphatic rings. The zero-order valence-corrected chi connectivity index (χ0v) is 18.1. The van der Waals surface area contributed by atoms with Gasteiger partial charge in [-0.2, -0.15) is 5.26 Å². The first-order valence-corrected chi connectivity index (χ1v) is 10.4. The molecule has 0 saturated carbocycles.